The first kappa shape index (κ1) is 18.4. The zero-order chi connectivity index (χ0) is 10.8. The summed E-state index contributed by atoms with van der Waals surface area (Å²) in [5.74, 6) is 0. The van der Waals surface area contributed by atoms with Crippen LogP contribution in [0.2, 0.25) is 45.8 Å². The van der Waals surface area contributed by atoms with E-state index in [0.29, 0.717) is 0 Å². The zero-order valence-corrected chi connectivity index (χ0v) is 13.2. The molecule has 0 aliphatic rings. The van der Waals surface area contributed by atoms with Crippen molar-refractivity contribution in [1.82, 2.24) is 0 Å². The summed E-state index contributed by atoms with van der Waals surface area (Å²) < 4.78 is 0. The molecule has 0 bridgehead atoms. The lowest BCUT2D eigenvalue weighted by atomic mass is 11.8. The van der Waals surface area contributed by atoms with E-state index in [1.807, 2.05) is 26.2 Å². The quantitative estimate of drug-likeness (QED) is 0.606. The molecule has 0 saturated heterocycles. The molecule has 0 saturated carbocycles. The summed E-state index contributed by atoms with van der Waals surface area (Å²) >= 11 is 0. The van der Waals surface area contributed by atoms with Crippen LogP contribution >= 0.6 is 0 Å². The van der Waals surface area contributed by atoms with E-state index in [-0.39, 0.29) is 8.80 Å². The molecule has 0 radical (unpaired) electrons. The van der Waals surface area contributed by atoms with Crippen LogP contribution in [0.1, 0.15) is 0 Å². The summed E-state index contributed by atoms with van der Waals surface area (Å²) in [4.78, 5) is 16.4. The predicted molar refractivity (Wildman–Crippen MR) is 66.9 cm³/mol. The van der Waals surface area contributed by atoms with Crippen LogP contribution in [0.15, 0.2) is 0 Å². The van der Waals surface area contributed by atoms with E-state index in [2.05, 4.69) is 19.6 Å². The molecule has 0 spiro atoms. The first-order chi connectivity index (χ1) is 5.15. The van der Waals surface area contributed by atoms with Gasteiger partial charge in [0, 0.05) is 8.80 Å². The maximum Gasteiger partial charge on any atom is 0.179 e. The Balaban J connectivity index is -0.000000105. The maximum atomic E-state index is 8.66. The van der Waals surface area contributed by atoms with Crippen LogP contribution in [0.5, 0.6) is 0 Å². The largest absolute Gasteiger partial charge is 0.438 e. The van der Waals surface area contributed by atoms with Crippen molar-refractivity contribution in [1.29, 1.82) is 0 Å². The van der Waals surface area contributed by atoms with E-state index >= 15 is 0 Å². The Morgan fingerprint density at radius 2 is 1.08 bits per heavy atom. The van der Waals surface area contributed by atoms with Crippen molar-refractivity contribution in [2.24, 2.45) is 0 Å². The lowest BCUT2D eigenvalue weighted by Crippen LogP contribution is -2.17. The molecule has 0 atom stereocenters. The van der Waals surface area contributed by atoms with Gasteiger partial charge in [0.15, 0.2) is 18.1 Å². The Morgan fingerprint density at radius 3 is 1.08 bits per heavy atom. The smallest absolute Gasteiger partial charge is 0.179 e. The molecule has 2 nitrogen and oxygen atoms in total. The highest BCUT2D eigenvalue weighted by molar-refractivity contribution is 6.68. The molecule has 0 fully saturated rings. The first-order valence-electron chi connectivity index (χ1n) is 4.48. The monoisotopic (exact) mass is 226 g/mol. The summed E-state index contributed by atoms with van der Waals surface area (Å²) in [6.07, 6.45) is 0. The Labute approximate surface area is 82.7 Å². The highest BCUT2D eigenvalue weighted by Crippen LogP contribution is 1.88. The molecule has 0 aliphatic heterocycles. The predicted octanol–water partition coefficient (Wildman–Crippen LogP) is 1.03. The molecule has 0 aromatic carbocycles. The van der Waals surface area contributed by atoms with Crippen LogP contribution in [-0.4, -0.2) is 36.5 Å². The second-order valence-electron chi connectivity index (χ2n) is 4.22. The highest BCUT2D eigenvalue weighted by atomic mass is 28.4. The molecule has 78 valence electrons. The van der Waals surface area contributed by atoms with Crippen LogP contribution in [0.3, 0.4) is 0 Å². The lowest BCUT2D eigenvalue weighted by Gasteiger charge is -2.00. The van der Waals surface area contributed by atoms with Crippen LogP contribution < -0.4 is 0 Å². The standard InChI is InChI=1S/C3H10OSi.C3H10Si.CH6OSi/c1-5(2,3)4;1-4(2)3;1-3-2/h4H,1-3H3;4H,1-3H3;2H,3H2,1H3. The average Bonchev–Trinajstić information content (AvgIpc) is 1.56. The molecule has 0 rings (SSSR count). The second-order valence-corrected chi connectivity index (χ2v) is 12.7. The number of hydrogen-bond donors (Lipinski definition) is 2. The van der Waals surface area contributed by atoms with Crippen molar-refractivity contribution in [2.75, 3.05) is 0 Å². The van der Waals surface area contributed by atoms with E-state index in [1.165, 1.54) is 0 Å². The van der Waals surface area contributed by atoms with Gasteiger partial charge in [-0.25, -0.2) is 0 Å². The highest BCUT2D eigenvalue weighted by Gasteiger charge is 2.03. The molecule has 12 heavy (non-hydrogen) atoms. The van der Waals surface area contributed by atoms with Crippen molar-refractivity contribution in [3.63, 3.8) is 0 Å². The van der Waals surface area contributed by atoms with Gasteiger partial charge in [-0.3, -0.25) is 0 Å². The molecular weight excluding hydrogens is 200 g/mol. The topological polar surface area (TPSA) is 40.5 Å². The van der Waals surface area contributed by atoms with Gasteiger partial charge in [-0.1, -0.05) is 26.2 Å². The van der Waals surface area contributed by atoms with Gasteiger partial charge in [0.25, 0.3) is 0 Å². The summed E-state index contributed by atoms with van der Waals surface area (Å²) in [7, 11) is -2.33. The van der Waals surface area contributed by atoms with Crippen LogP contribution in [0.4, 0.5) is 0 Å². The Bertz CT molecular complexity index is 62.8. The van der Waals surface area contributed by atoms with Crippen LogP contribution in [-0.2, 0) is 0 Å². The third-order valence-electron chi connectivity index (χ3n) is 0. The van der Waals surface area contributed by atoms with Crippen molar-refractivity contribution >= 4 is 26.9 Å². The van der Waals surface area contributed by atoms with E-state index < -0.39 is 18.1 Å². The summed E-state index contributed by atoms with van der Waals surface area (Å²) in [5.41, 5.74) is 0. The third-order valence-corrected chi connectivity index (χ3v) is 0. The number of hydrogen-bond acceptors (Lipinski definition) is 2. The molecule has 0 heterocycles. The van der Waals surface area contributed by atoms with Crippen LogP contribution in [0, 0.1) is 0 Å². The van der Waals surface area contributed by atoms with E-state index in [9.17, 15) is 0 Å². The molecular formula is C7H26O2Si3. The molecule has 2 N–H and O–H groups in total. The van der Waals surface area contributed by atoms with Crippen molar-refractivity contribution in [2.45, 2.75) is 45.8 Å². The first-order valence-corrected chi connectivity index (χ1v) is 13.4. The summed E-state index contributed by atoms with van der Waals surface area (Å²) in [6.45, 7) is 14.4. The van der Waals surface area contributed by atoms with Gasteiger partial charge in [-0.2, -0.15) is 0 Å². The van der Waals surface area contributed by atoms with Gasteiger partial charge >= 0.3 is 0 Å². The SMILES string of the molecule is C[SiH2]O.C[SiH](C)C.C[Si](C)(C)O. The van der Waals surface area contributed by atoms with E-state index in [1.54, 1.807) is 0 Å². The Hall–Kier alpha value is 0.571. The lowest BCUT2D eigenvalue weighted by molar-refractivity contribution is 0.561. The zero-order valence-electron chi connectivity index (χ0n) is 9.68. The Morgan fingerprint density at radius 1 is 1.08 bits per heavy atom. The van der Waals surface area contributed by atoms with Crippen molar-refractivity contribution in [3.05, 3.63) is 0 Å². The minimum Gasteiger partial charge on any atom is -0.438 e. The maximum absolute atomic E-state index is 8.66. The Kier molecular flexibility index (Phi) is 17.7. The normalized spacial score (nSPS) is 10.5. The van der Waals surface area contributed by atoms with E-state index in [0.717, 1.165) is 0 Å². The molecule has 0 amide bonds. The third kappa shape index (κ3) is 2970. The van der Waals surface area contributed by atoms with Gasteiger partial charge in [0.05, 0.1) is 0 Å². The molecule has 0 aromatic rings. The average molecular weight is 227 g/mol. The van der Waals surface area contributed by atoms with Gasteiger partial charge in [0.1, 0.15) is 0 Å². The molecule has 0 aromatic heterocycles. The second kappa shape index (κ2) is 11.6. The van der Waals surface area contributed by atoms with Gasteiger partial charge < -0.3 is 9.59 Å². The molecule has 5 heteroatoms. The van der Waals surface area contributed by atoms with Crippen LogP contribution in [0.25, 0.3) is 0 Å². The minimum atomic E-state index is -1.61. The fourth-order valence-electron chi connectivity index (χ4n) is 0. The van der Waals surface area contributed by atoms with Crippen molar-refractivity contribution in [3.8, 4) is 0 Å². The summed E-state index contributed by atoms with van der Waals surface area (Å²) in [5, 5.41) is 0. The van der Waals surface area contributed by atoms with E-state index in [4.69, 9.17) is 9.59 Å². The fraction of sp³-hybridized carbons (Fsp3) is 1.00. The fourth-order valence-corrected chi connectivity index (χ4v) is 0. The summed E-state index contributed by atoms with van der Waals surface area (Å²) in [6, 6.07) is 0. The van der Waals surface area contributed by atoms with Gasteiger partial charge in [-0.15, -0.1) is 0 Å². The van der Waals surface area contributed by atoms with Gasteiger partial charge in [-0.05, 0) is 19.6 Å². The molecule has 0 aliphatic carbocycles. The number of rotatable bonds is 0. The van der Waals surface area contributed by atoms with Crippen molar-refractivity contribution < 1.29 is 9.59 Å². The molecule has 0 unspecified atom stereocenters. The van der Waals surface area contributed by atoms with Gasteiger partial charge in [0.2, 0.25) is 0 Å². The minimum absolute atomic E-state index is 0.139.